The Morgan fingerprint density at radius 2 is 1.95 bits per heavy atom. The van der Waals surface area contributed by atoms with Crippen molar-refractivity contribution in [2.45, 2.75) is 40.2 Å². The van der Waals surface area contributed by atoms with Gasteiger partial charge < -0.3 is 10.2 Å². The van der Waals surface area contributed by atoms with E-state index in [1.54, 1.807) is 0 Å². The minimum atomic E-state index is 0.512. The normalized spacial score (nSPS) is 12.3. The maximum Gasteiger partial charge on any atom is 0.137 e. The SMILES string of the molecule is CCNc1nc(C)nc(N(C)C(CC)CSC)c1C. The molecule has 0 saturated carbocycles. The van der Waals surface area contributed by atoms with Crippen LogP contribution < -0.4 is 10.2 Å². The predicted molar refractivity (Wildman–Crippen MR) is 86.5 cm³/mol. The van der Waals surface area contributed by atoms with Crippen LogP contribution in [0.2, 0.25) is 0 Å². The molecule has 0 aliphatic carbocycles. The van der Waals surface area contributed by atoms with Gasteiger partial charge in [0.05, 0.1) is 0 Å². The van der Waals surface area contributed by atoms with Gasteiger partial charge in [-0.15, -0.1) is 0 Å². The molecule has 1 heterocycles. The number of hydrogen-bond donors (Lipinski definition) is 1. The molecule has 1 aromatic rings. The molecule has 4 nitrogen and oxygen atoms in total. The monoisotopic (exact) mass is 282 g/mol. The van der Waals surface area contributed by atoms with Crippen LogP contribution in [0.3, 0.4) is 0 Å². The fraction of sp³-hybridized carbons (Fsp3) is 0.714. The summed E-state index contributed by atoms with van der Waals surface area (Å²) in [6.45, 7) is 9.24. The van der Waals surface area contributed by atoms with E-state index in [-0.39, 0.29) is 0 Å². The number of thioether (sulfide) groups is 1. The zero-order valence-corrected chi connectivity index (χ0v) is 13.8. The molecule has 0 radical (unpaired) electrons. The van der Waals surface area contributed by atoms with E-state index in [0.29, 0.717) is 6.04 Å². The number of rotatable bonds is 7. The molecule has 1 unspecified atom stereocenters. The van der Waals surface area contributed by atoms with Crippen LogP contribution in [-0.2, 0) is 0 Å². The molecule has 1 aromatic heterocycles. The highest BCUT2D eigenvalue weighted by atomic mass is 32.2. The summed E-state index contributed by atoms with van der Waals surface area (Å²) >= 11 is 1.88. The Bertz CT molecular complexity index is 409. The second-order valence-electron chi connectivity index (χ2n) is 4.73. The molecule has 0 aromatic carbocycles. The molecule has 1 atom stereocenters. The third kappa shape index (κ3) is 4.00. The van der Waals surface area contributed by atoms with Crippen molar-refractivity contribution in [3.63, 3.8) is 0 Å². The first-order valence-corrected chi connectivity index (χ1v) is 8.25. The molecule has 0 saturated heterocycles. The van der Waals surface area contributed by atoms with E-state index in [2.05, 4.69) is 54.3 Å². The molecule has 0 spiro atoms. The fourth-order valence-corrected chi connectivity index (χ4v) is 3.01. The molecule has 0 fully saturated rings. The van der Waals surface area contributed by atoms with E-state index in [4.69, 9.17) is 0 Å². The van der Waals surface area contributed by atoms with E-state index < -0.39 is 0 Å². The van der Waals surface area contributed by atoms with Gasteiger partial charge >= 0.3 is 0 Å². The summed E-state index contributed by atoms with van der Waals surface area (Å²) in [6.07, 6.45) is 3.27. The maximum absolute atomic E-state index is 4.63. The molecule has 0 amide bonds. The molecule has 1 N–H and O–H groups in total. The number of aryl methyl sites for hydroxylation is 1. The molecule has 108 valence electrons. The van der Waals surface area contributed by atoms with Crippen LogP contribution in [0.5, 0.6) is 0 Å². The van der Waals surface area contributed by atoms with Gasteiger partial charge in [0, 0.05) is 31.0 Å². The van der Waals surface area contributed by atoms with Crippen LogP contribution in [0.25, 0.3) is 0 Å². The van der Waals surface area contributed by atoms with Gasteiger partial charge in [-0.05, 0) is 33.4 Å². The van der Waals surface area contributed by atoms with Gasteiger partial charge in [-0.2, -0.15) is 11.8 Å². The van der Waals surface area contributed by atoms with Crippen LogP contribution in [0.4, 0.5) is 11.6 Å². The lowest BCUT2D eigenvalue weighted by molar-refractivity contribution is 0.662. The highest BCUT2D eigenvalue weighted by molar-refractivity contribution is 7.98. The Balaban J connectivity index is 3.10. The van der Waals surface area contributed by atoms with Crippen LogP contribution in [-0.4, -0.2) is 41.6 Å². The zero-order valence-electron chi connectivity index (χ0n) is 12.9. The Kier molecular flexibility index (Phi) is 6.42. The minimum absolute atomic E-state index is 0.512. The second-order valence-corrected chi connectivity index (χ2v) is 5.64. The molecule has 5 heteroatoms. The van der Waals surface area contributed by atoms with E-state index in [1.165, 1.54) is 0 Å². The summed E-state index contributed by atoms with van der Waals surface area (Å²) in [5.74, 6) is 3.94. The quantitative estimate of drug-likeness (QED) is 0.832. The highest BCUT2D eigenvalue weighted by Gasteiger charge is 2.18. The van der Waals surface area contributed by atoms with Crippen molar-refractivity contribution in [3.05, 3.63) is 11.4 Å². The lowest BCUT2D eigenvalue weighted by atomic mass is 10.2. The van der Waals surface area contributed by atoms with Crippen LogP contribution >= 0.6 is 11.8 Å². The van der Waals surface area contributed by atoms with E-state index >= 15 is 0 Å². The number of nitrogens with zero attached hydrogens (tertiary/aromatic N) is 3. The summed E-state index contributed by atoms with van der Waals surface area (Å²) in [4.78, 5) is 11.4. The largest absolute Gasteiger partial charge is 0.370 e. The first-order chi connectivity index (χ1) is 9.04. The number of aromatic nitrogens is 2. The summed E-state index contributed by atoms with van der Waals surface area (Å²) in [7, 11) is 2.13. The zero-order chi connectivity index (χ0) is 14.4. The number of nitrogens with one attached hydrogen (secondary N) is 1. The van der Waals surface area contributed by atoms with Crippen LogP contribution in [0, 0.1) is 13.8 Å². The number of anilines is 2. The summed E-state index contributed by atoms with van der Waals surface area (Å²) < 4.78 is 0. The number of hydrogen-bond acceptors (Lipinski definition) is 5. The average molecular weight is 282 g/mol. The molecular weight excluding hydrogens is 256 g/mol. The van der Waals surface area contributed by atoms with Gasteiger partial charge in [0.2, 0.25) is 0 Å². The van der Waals surface area contributed by atoms with Gasteiger partial charge in [0.25, 0.3) is 0 Å². The lowest BCUT2D eigenvalue weighted by Gasteiger charge is -2.29. The standard InChI is InChI=1S/C14H26N4S/c1-7-12(9-19-6)18(5)14-10(3)13(15-8-2)16-11(4)17-14/h12H,7-9H2,1-6H3,(H,15,16,17). The Labute approximate surface area is 121 Å². The van der Waals surface area contributed by atoms with Crippen LogP contribution in [0.1, 0.15) is 31.7 Å². The smallest absolute Gasteiger partial charge is 0.137 e. The second kappa shape index (κ2) is 7.58. The van der Waals surface area contributed by atoms with Crippen molar-refractivity contribution < 1.29 is 0 Å². The van der Waals surface area contributed by atoms with Gasteiger partial charge in [-0.3, -0.25) is 0 Å². The summed E-state index contributed by atoms with van der Waals surface area (Å²) in [6, 6.07) is 0.512. The van der Waals surface area contributed by atoms with Gasteiger partial charge in [0.15, 0.2) is 0 Å². The molecule has 0 aliphatic heterocycles. The average Bonchev–Trinajstić information content (AvgIpc) is 2.39. The Morgan fingerprint density at radius 3 is 2.47 bits per heavy atom. The minimum Gasteiger partial charge on any atom is -0.370 e. The van der Waals surface area contributed by atoms with Gasteiger partial charge in [-0.25, -0.2) is 9.97 Å². The third-order valence-electron chi connectivity index (χ3n) is 3.29. The van der Waals surface area contributed by atoms with E-state index in [9.17, 15) is 0 Å². The molecule has 0 aliphatic rings. The summed E-state index contributed by atoms with van der Waals surface area (Å²) in [5, 5.41) is 3.32. The van der Waals surface area contributed by atoms with Crippen molar-refractivity contribution in [1.29, 1.82) is 0 Å². The Hall–Kier alpha value is -0.970. The predicted octanol–water partition coefficient (Wildman–Crippen LogP) is 3.10. The van der Waals surface area contributed by atoms with Crippen molar-refractivity contribution in [1.82, 2.24) is 9.97 Å². The first-order valence-electron chi connectivity index (χ1n) is 6.85. The first kappa shape index (κ1) is 16.1. The van der Waals surface area contributed by atoms with Crippen molar-refractivity contribution in [2.75, 3.05) is 35.8 Å². The maximum atomic E-state index is 4.63. The van der Waals surface area contributed by atoms with Crippen molar-refractivity contribution in [2.24, 2.45) is 0 Å². The Morgan fingerprint density at radius 1 is 1.26 bits per heavy atom. The van der Waals surface area contributed by atoms with Crippen molar-refractivity contribution in [3.8, 4) is 0 Å². The molecule has 0 bridgehead atoms. The molecule has 19 heavy (non-hydrogen) atoms. The van der Waals surface area contributed by atoms with Crippen molar-refractivity contribution >= 4 is 23.4 Å². The van der Waals surface area contributed by atoms with Gasteiger partial charge in [0.1, 0.15) is 17.5 Å². The van der Waals surface area contributed by atoms with E-state index in [1.807, 2.05) is 18.7 Å². The topological polar surface area (TPSA) is 41.1 Å². The fourth-order valence-electron chi connectivity index (χ4n) is 2.17. The summed E-state index contributed by atoms with van der Waals surface area (Å²) in [5.41, 5.74) is 1.13. The molecule has 1 rings (SSSR count). The molecular formula is C14H26N4S. The third-order valence-corrected chi connectivity index (χ3v) is 4.01. The van der Waals surface area contributed by atoms with E-state index in [0.717, 1.165) is 41.7 Å². The van der Waals surface area contributed by atoms with Gasteiger partial charge in [-0.1, -0.05) is 6.92 Å². The lowest BCUT2D eigenvalue weighted by Crippen LogP contribution is -2.34. The highest BCUT2D eigenvalue weighted by Crippen LogP contribution is 2.25. The van der Waals surface area contributed by atoms with Crippen LogP contribution in [0.15, 0.2) is 0 Å².